The Labute approximate surface area is 143 Å². The third kappa shape index (κ3) is 1.60. The van der Waals surface area contributed by atoms with Crippen molar-refractivity contribution < 1.29 is 4.79 Å². The van der Waals surface area contributed by atoms with Crippen LogP contribution < -0.4 is 5.32 Å². The van der Waals surface area contributed by atoms with E-state index in [9.17, 15) is 4.79 Å². The molecule has 24 heavy (non-hydrogen) atoms. The second-order valence-electron chi connectivity index (χ2n) is 9.34. The molecule has 1 N–H and O–H groups in total. The Bertz CT molecular complexity index is 703. The van der Waals surface area contributed by atoms with Gasteiger partial charge in [0.25, 0.3) is 0 Å². The van der Waals surface area contributed by atoms with Crippen molar-refractivity contribution in [3.05, 3.63) is 35.9 Å². The number of piperazine rings is 1. The third-order valence-corrected chi connectivity index (χ3v) is 8.15. The number of fused-ring (bicyclic) bond motifs is 2. The molecule has 0 aromatic heterocycles. The zero-order valence-corrected chi connectivity index (χ0v) is 14.2. The van der Waals surface area contributed by atoms with Crippen molar-refractivity contribution in [2.24, 2.45) is 17.3 Å². The van der Waals surface area contributed by atoms with Gasteiger partial charge in [-0.25, -0.2) is 0 Å². The van der Waals surface area contributed by atoms with Gasteiger partial charge in [-0.15, -0.1) is 0 Å². The first-order chi connectivity index (χ1) is 11.7. The van der Waals surface area contributed by atoms with Crippen molar-refractivity contribution in [2.45, 2.75) is 56.0 Å². The highest BCUT2D eigenvalue weighted by atomic mass is 16.2. The maximum Gasteiger partial charge on any atom is 0.229 e. The van der Waals surface area contributed by atoms with Crippen molar-refractivity contribution in [3.63, 3.8) is 0 Å². The van der Waals surface area contributed by atoms with Gasteiger partial charge in [0.15, 0.2) is 0 Å². The molecule has 3 heteroatoms. The Hall–Kier alpha value is -1.35. The fourth-order valence-electron chi connectivity index (χ4n) is 7.46. The molecule has 1 aromatic carbocycles. The number of nitrogens with one attached hydrogen (secondary N) is 1. The summed E-state index contributed by atoms with van der Waals surface area (Å²) in [4.78, 5) is 16.0. The van der Waals surface area contributed by atoms with E-state index in [4.69, 9.17) is 0 Å². The van der Waals surface area contributed by atoms with Crippen LogP contribution in [-0.2, 0) is 10.2 Å². The van der Waals surface area contributed by atoms with Crippen molar-refractivity contribution in [1.82, 2.24) is 10.2 Å². The van der Waals surface area contributed by atoms with E-state index in [1.807, 2.05) is 0 Å². The van der Waals surface area contributed by atoms with Gasteiger partial charge in [-0.05, 0) is 61.3 Å². The minimum atomic E-state index is -0.0246. The SMILES string of the molecule is O=C(N1CC2CC1CN2)C12CC3CC1CC(c1ccccc1)(C3)C2. The molecule has 2 saturated heterocycles. The van der Waals surface area contributed by atoms with Crippen LogP contribution in [0, 0.1) is 17.3 Å². The Morgan fingerprint density at radius 2 is 2.00 bits per heavy atom. The standard InChI is InChI=1S/C21H26N2O/c24-19(23-12-17-7-18(23)11-22-17)21-9-14-6-16(21)10-20(8-14,13-21)15-4-2-1-3-5-15/h1-5,14,16-18,22H,6-13H2. The zero-order valence-electron chi connectivity index (χ0n) is 14.2. The van der Waals surface area contributed by atoms with Crippen LogP contribution in [0.4, 0.5) is 0 Å². The van der Waals surface area contributed by atoms with E-state index in [0.717, 1.165) is 25.4 Å². The van der Waals surface area contributed by atoms with E-state index in [1.54, 1.807) is 0 Å². The smallest absolute Gasteiger partial charge is 0.229 e. The summed E-state index contributed by atoms with van der Waals surface area (Å²) < 4.78 is 0. The van der Waals surface area contributed by atoms with Gasteiger partial charge in [0.1, 0.15) is 0 Å². The van der Waals surface area contributed by atoms with Gasteiger partial charge in [0, 0.05) is 25.2 Å². The normalized spacial score (nSPS) is 47.8. The van der Waals surface area contributed by atoms with E-state index < -0.39 is 0 Å². The second-order valence-corrected chi connectivity index (χ2v) is 9.34. The molecule has 0 radical (unpaired) electrons. The maximum atomic E-state index is 13.7. The lowest BCUT2D eigenvalue weighted by atomic mass is 9.63. The molecule has 126 valence electrons. The van der Waals surface area contributed by atoms with Crippen LogP contribution in [0.15, 0.2) is 30.3 Å². The van der Waals surface area contributed by atoms with Gasteiger partial charge in [-0.1, -0.05) is 30.3 Å². The van der Waals surface area contributed by atoms with E-state index in [-0.39, 0.29) is 5.41 Å². The van der Waals surface area contributed by atoms with E-state index in [2.05, 4.69) is 40.5 Å². The quantitative estimate of drug-likeness (QED) is 0.908. The number of rotatable bonds is 2. The Balaban J connectivity index is 1.37. The molecule has 0 spiro atoms. The summed E-state index contributed by atoms with van der Waals surface area (Å²) >= 11 is 0. The van der Waals surface area contributed by atoms with Gasteiger partial charge >= 0.3 is 0 Å². The van der Waals surface area contributed by atoms with Crippen LogP contribution in [0.25, 0.3) is 0 Å². The van der Waals surface area contributed by atoms with Crippen molar-refractivity contribution >= 4 is 5.91 Å². The lowest BCUT2D eigenvalue weighted by Gasteiger charge is -2.43. The number of nitrogens with zero attached hydrogens (tertiary/aromatic N) is 1. The number of amides is 1. The highest BCUT2D eigenvalue weighted by Gasteiger charge is 2.68. The first kappa shape index (κ1) is 13.9. The average molecular weight is 322 g/mol. The summed E-state index contributed by atoms with van der Waals surface area (Å²) in [6, 6.07) is 12.1. The summed E-state index contributed by atoms with van der Waals surface area (Å²) in [6.45, 7) is 1.98. The van der Waals surface area contributed by atoms with Crippen molar-refractivity contribution in [2.75, 3.05) is 13.1 Å². The van der Waals surface area contributed by atoms with Gasteiger partial charge in [-0.3, -0.25) is 4.79 Å². The van der Waals surface area contributed by atoms with E-state index >= 15 is 0 Å². The first-order valence-electron chi connectivity index (χ1n) is 9.79. The summed E-state index contributed by atoms with van der Waals surface area (Å²) in [5.41, 5.74) is 1.77. The number of hydrogen-bond acceptors (Lipinski definition) is 2. The second kappa shape index (κ2) is 4.43. The van der Waals surface area contributed by atoms with Gasteiger partial charge < -0.3 is 10.2 Å². The summed E-state index contributed by atoms with van der Waals surface area (Å²) in [7, 11) is 0. The molecule has 6 fully saturated rings. The summed E-state index contributed by atoms with van der Waals surface area (Å²) in [6.07, 6.45) is 7.34. The molecule has 4 aliphatic carbocycles. The molecule has 7 rings (SSSR count). The topological polar surface area (TPSA) is 32.3 Å². The highest BCUT2D eigenvalue weighted by Crippen LogP contribution is 2.71. The molecule has 6 aliphatic rings. The van der Waals surface area contributed by atoms with E-state index in [1.165, 1.54) is 37.7 Å². The molecule has 6 unspecified atom stereocenters. The molecule has 4 saturated carbocycles. The van der Waals surface area contributed by atoms with Crippen LogP contribution in [0.5, 0.6) is 0 Å². The molecule has 2 heterocycles. The van der Waals surface area contributed by atoms with Gasteiger partial charge in [0.2, 0.25) is 5.91 Å². The number of carbonyl (C=O) groups excluding carboxylic acids is 1. The van der Waals surface area contributed by atoms with Crippen LogP contribution in [-0.4, -0.2) is 36.0 Å². The average Bonchev–Trinajstić information content (AvgIpc) is 3.33. The fraction of sp³-hybridized carbons (Fsp3) is 0.667. The minimum absolute atomic E-state index is 0.0246. The highest BCUT2D eigenvalue weighted by molar-refractivity contribution is 5.85. The summed E-state index contributed by atoms with van der Waals surface area (Å²) in [5.74, 6) is 1.94. The Morgan fingerprint density at radius 1 is 1.12 bits per heavy atom. The molecular formula is C21H26N2O. The van der Waals surface area contributed by atoms with Crippen LogP contribution >= 0.6 is 0 Å². The predicted molar refractivity (Wildman–Crippen MR) is 92.5 cm³/mol. The first-order valence-corrected chi connectivity index (χ1v) is 9.79. The number of likely N-dealkylation sites (tertiary alicyclic amines) is 1. The maximum absolute atomic E-state index is 13.7. The molecule has 1 aromatic rings. The molecule has 2 aliphatic heterocycles. The van der Waals surface area contributed by atoms with Gasteiger partial charge in [0.05, 0.1) is 5.41 Å². The molecule has 1 amide bonds. The van der Waals surface area contributed by atoms with Crippen LogP contribution in [0.3, 0.4) is 0 Å². The lowest BCUT2D eigenvalue weighted by Crippen LogP contribution is -2.53. The molecule has 3 nitrogen and oxygen atoms in total. The van der Waals surface area contributed by atoms with Crippen molar-refractivity contribution in [3.8, 4) is 0 Å². The monoisotopic (exact) mass is 322 g/mol. The molecule has 6 bridgehead atoms. The van der Waals surface area contributed by atoms with Crippen LogP contribution in [0.1, 0.15) is 44.1 Å². The predicted octanol–water partition coefficient (Wildman–Crippen LogP) is 2.71. The number of benzene rings is 1. The zero-order chi connectivity index (χ0) is 15.9. The lowest BCUT2D eigenvalue weighted by molar-refractivity contribution is -0.145. The van der Waals surface area contributed by atoms with Crippen molar-refractivity contribution in [1.29, 1.82) is 0 Å². The van der Waals surface area contributed by atoms with E-state index in [0.29, 0.717) is 29.3 Å². The molecule has 6 atom stereocenters. The van der Waals surface area contributed by atoms with Gasteiger partial charge in [-0.2, -0.15) is 0 Å². The fourth-order valence-corrected chi connectivity index (χ4v) is 7.46. The third-order valence-electron chi connectivity index (χ3n) is 8.15. The number of carbonyl (C=O) groups is 1. The number of hydrogen-bond donors (Lipinski definition) is 1. The Morgan fingerprint density at radius 3 is 2.75 bits per heavy atom. The van der Waals surface area contributed by atoms with Crippen LogP contribution in [0.2, 0.25) is 0 Å². The molecular weight excluding hydrogens is 296 g/mol. The summed E-state index contributed by atoms with van der Waals surface area (Å²) in [5, 5.41) is 3.55. The largest absolute Gasteiger partial charge is 0.336 e. The Kier molecular flexibility index (Phi) is 2.56. The minimum Gasteiger partial charge on any atom is -0.336 e.